The number of hydrogen-bond donors (Lipinski definition) is 3. The number of nitrogens with zero attached hydrogens (tertiary/aromatic N) is 1. The van der Waals surface area contributed by atoms with E-state index in [1.165, 1.54) is 24.3 Å². The molecule has 0 unspecified atom stereocenters. The second kappa shape index (κ2) is 6.53. The van der Waals surface area contributed by atoms with Crippen molar-refractivity contribution in [1.82, 2.24) is 0 Å². The van der Waals surface area contributed by atoms with Crippen molar-refractivity contribution in [3.05, 3.63) is 63.6 Å². The first-order valence-corrected chi connectivity index (χ1v) is 6.75. The lowest BCUT2D eigenvalue weighted by molar-refractivity contribution is 0.318. The average molecular weight is 356 g/mol. The number of benzene rings is 2. The monoisotopic (exact) mass is 355 g/mol. The minimum Gasteiger partial charge on any atom is -0.409 e. The fourth-order valence-corrected chi connectivity index (χ4v) is 2.28. The van der Waals surface area contributed by atoms with Crippen molar-refractivity contribution in [2.24, 2.45) is 10.9 Å². The number of nitrogens with two attached hydrogens (primary N) is 1. The maximum absolute atomic E-state index is 13.5. The van der Waals surface area contributed by atoms with E-state index < -0.39 is 5.82 Å². The lowest BCUT2D eigenvalue weighted by atomic mass is 10.1. The molecule has 0 aliphatic carbocycles. The van der Waals surface area contributed by atoms with Crippen LogP contribution < -0.4 is 11.1 Å². The van der Waals surface area contributed by atoms with Crippen LogP contribution in [-0.4, -0.2) is 11.0 Å². The molecule has 0 heterocycles. The van der Waals surface area contributed by atoms with Gasteiger partial charge in [0.25, 0.3) is 0 Å². The summed E-state index contributed by atoms with van der Waals surface area (Å²) >= 11 is 3.24. The Bertz CT molecular complexity index is 692. The van der Waals surface area contributed by atoms with Gasteiger partial charge in [0.05, 0.1) is 0 Å². The van der Waals surface area contributed by atoms with Crippen LogP contribution in [0.4, 0.5) is 14.5 Å². The normalized spacial score (nSPS) is 11.5. The molecule has 0 saturated heterocycles. The van der Waals surface area contributed by atoms with Crippen molar-refractivity contribution in [1.29, 1.82) is 0 Å². The first kappa shape index (κ1) is 15.2. The number of nitrogens with one attached hydrogen (secondary N) is 1. The van der Waals surface area contributed by atoms with Crippen LogP contribution in [0, 0.1) is 11.6 Å². The minimum atomic E-state index is -0.492. The van der Waals surface area contributed by atoms with Crippen LogP contribution in [0.1, 0.15) is 11.1 Å². The van der Waals surface area contributed by atoms with Crippen molar-refractivity contribution >= 4 is 27.5 Å². The molecular formula is C14H12BrF2N3O. The SMILES string of the molecule is N/C(=N/O)c1cc(F)cc(CNc2ccc(F)cc2Br)c1. The highest BCUT2D eigenvalue weighted by atomic mass is 79.9. The Morgan fingerprint density at radius 1 is 1.19 bits per heavy atom. The summed E-state index contributed by atoms with van der Waals surface area (Å²) in [6, 6.07) is 8.33. The summed E-state index contributed by atoms with van der Waals surface area (Å²) in [4.78, 5) is 0. The van der Waals surface area contributed by atoms with Gasteiger partial charge in [-0.15, -0.1) is 0 Å². The smallest absolute Gasteiger partial charge is 0.170 e. The van der Waals surface area contributed by atoms with Crippen LogP contribution in [0.2, 0.25) is 0 Å². The van der Waals surface area contributed by atoms with Crippen LogP contribution in [0.3, 0.4) is 0 Å². The number of amidine groups is 1. The van der Waals surface area contributed by atoms with Crippen molar-refractivity contribution in [2.75, 3.05) is 5.32 Å². The minimum absolute atomic E-state index is 0.168. The molecule has 0 bridgehead atoms. The molecule has 0 radical (unpaired) electrons. The van der Waals surface area contributed by atoms with Gasteiger partial charge in [0.1, 0.15) is 11.6 Å². The molecule has 2 aromatic carbocycles. The van der Waals surface area contributed by atoms with Gasteiger partial charge in [-0.2, -0.15) is 0 Å². The van der Waals surface area contributed by atoms with Crippen LogP contribution in [0.25, 0.3) is 0 Å². The summed E-state index contributed by atoms with van der Waals surface area (Å²) in [7, 11) is 0. The Morgan fingerprint density at radius 3 is 2.62 bits per heavy atom. The van der Waals surface area contributed by atoms with Gasteiger partial charge in [-0.3, -0.25) is 0 Å². The molecule has 4 nitrogen and oxygen atoms in total. The number of oxime groups is 1. The van der Waals surface area contributed by atoms with E-state index in [1.807, 2.05) is 0 Å². The molecule has 21 heavy (non-hydrogen) atoms. The zero-order chi connectivity index (χ0) is 15.4. The molecule has 0 spiro atoms. The molecule has 0 amide bonds. The van der Waals surface area contributed by atoms with Gasteiger partial charge in [-0.25, -0.2) is 8.78 Å². The summed E-state index contributed by atoms with van der Waals surface area (Å²) in [6.45, 7) is 0.299. The maximum atomic E-state index is 13.5. The Kier molecular flexibility index (Phi) is 4.74. The van der Waals surface area contributed by atoms with E-state index >= 15 is 0 Å². The molecule has 0 aliphatic rings. The zero-order valence-electron chi connectivity index (χ0n) is 10.8. The highest BCUT2D eigenvalue weighted by Crippen LogP contribution is 2.23. The Balaban J connectivity index is 2.18. The van der Waals surface area contributed by atoms with Crippen molar-refractivity contribution in [2.45, 2.75) is 6.54 Å². The third-order valence-corrected chi connectivity index (χ3v) is 3.43. The number of halogens is 3. The Labute approximate surface area is 128 Å². The van der Waals surface area contributed by atoms with Gasteiger partial charge in [0.15, 0.2) is 5.84 Å². The van der Waals surface area contributed by atoms with Crippen molar-refractivity contribution in [3.8, 4) is 0 Å². The van der Waals surface area contributed by atoms with E-state index in [4.69, 9.17) is 10.9 Å². The summed E-state index contributed by atoms with van der Waals surface area (Å²) in [5.41, 5.74) is 7.01. The number of anilines is 1. The van der Waals surface area contributed by atoms with E-state index in [-0.39, 0.29) is 17.2 Å². The lowest BCUT2D eigenvalue weighted by Crippen LogP contribution is -2.14. The van der Waals surface area contributed by atoms with E-state index in [9.17, 15) is 8.78 Å². The predicted octanol–water partition coefficient (Wildman–Crippen LogP) is 3.43. The number of rotatable bonds is 4. The fourth-order valence-electron chi connectivity index (χ4n) is 1.79. The molecule has 2 rings (SSSR count). The molecule has 0 fully saturated rings. The predicted molar refractivity (Wildman–Crippen MR) is 80.3 cm³/mol. The molecule has 110 valence electrons. The molecule has 0 atom stereocenters. The molecule has 0 aromatic heterocycles. The first-order chi connectivity index (χ1) is 9.99. The molecule has 0 saturated carbocycles. The van der Waals surface area contributed by atoms with Gasteiger partial charge < -0.3 is 16.3 Å². The van der Waals surface area contributed by atoms with Crippen LogP contribution in [0.5, 0.6) is 0 Å². The second-order valence-corrected chi connectivity index (χ2v) is 5.17. The van der Waals surface area contributed by atoms with Gasteiger partial charge in [0, 0.05) is 22.3 Å². The van der Waals surface area contributed by atoms with E-state index in [0.29, 0.717) is 22.3 Å². The summed E-state index contributed by atoms with van der Waals surface area (Å²) in [5.74, 6) is -1.01. The Morgan fingerprint density at radius 2 is 1.95 bits per heavy atom. The molecule has 2 aromatic rings. The van der Waals surface area contributed by atoms with E-state index in [1.54, 1.807) is 12.1 Å². The maximum Gasteiger partial charge on any atom is 0.170 e. The lowest BCUT2D eigenvalue weighted by Gasteiger charge is -2.10. The highest BCUT2D eigenvalue weighted by Gasteiger charge is 2.06. The van der Waals surface area contributed by atoms with E-state index in [2.05, 4.69) is 26.4 Å². The third kappa shape index (κ3) is 3.91. The third-order valence-electron chi connectivity index (χ3n) is 2.78. The largest absolute Gasteiger partial charge is 0.409 e. The van der Waals surface area contributed by atoms with Gasteiger partial charge >= 0.3 is 0 Å². The van der Waals surface area contributed by atoms with Crippen molar-refractivity contribution < 1.29 is 14.0 Å². The van der Waals surface area contributed by atoms with Crippen molar-refractivity contribution in [3.63, 3.8) is 0 Å². The summed E-state index contributed by atoms with van der Waals surface area (Å²) in [6.07, 6.45) is 0. The Hall–Kier alpha value is -2.15. The summed E-state index contributed by atoms with van der Waals surface area (Å²) in [5, 5.41) is 14.5. The fraction of sp³-hybridized carbons (Fsp3) is 0.0714. The van der Waals surface area contributed by atoms with Gasteiger partial charge in [-0.1, -0.05) is 5.16 Å². The zero-order valence-corrected chi connectivity index (χ0v) is 12.4. The molecular weight excluding hydrogens is 344 g/mol. The first-order valence-electron chi connectivity index (χ1n) is 5.96. The second-order valence-electron chi connectivity index (χ2n) is 4.31. The molecule has 7 heteroatoms. The van der Waals surface area contributed by atoms with Gasteiger partial charge in [-0.05, 0) is 57.9 Å². The number of hydrogen-bond acceptors (Lipinski definition) is 3. The van der Waals surface area contributed by atoms with Crippen LogP contribution >= 0.6 is 15.9 Å². The standard InChI is InChI=1S/C14H12BrF2N3O/c15-12-6-10(16)1-2-13(12)19-7-8-3-9(14(18)20-21)5-11(17)4-8/h1-6,19,21H,7H2,(H2,18,20). The highest BCUT2D eigenvalue weighted by molar-refractivity contribution is 9.10. The average Bonchev–Trinajstić information content (AvgIpc) is 2.45. The van der Waals surface area contributed by atoms with Crippen LogP contribution in [-0.2, 0) is 6.54 Å². The topological polar surface area (TPSA) is 70.6 Å². The van der Waals surface area contributed by atoms with E-state index in [0.717, 1.165) is 0 Å². The molecule has 4 N–H and O–H groups in total. The van der Waals surface area contributed by atoms with Gasteiger partial charge in [0.2, 0.25) is 0 Å². The quantitative estimate of drug-likeness (QED) is 0.340. The molecule has 0 aliphatic heterocycles. The van der Waals surface area contributed by atoms with Crippen LogP contribution in [0.15, 0.2) is 46.0 Å². The summed E-state index contributed by atoms with van der Waals surface area (Å²) < 4.78 is 27.1.